The number of halogens is 3. The average Bonchev–Trinajstić information content (AvgIpc) is 2.77. The number of nitrogens with one attached hydrogen (secondary N) is 1. The summed E-state index contributed by atoms with van der Waals surface area (Å²) in [5.41, 5.74) is 3.02. The molecule has 1 aliphatic rings. The molecule has 0 amide bonds. The summed E-state index contributed by atoms with van der Waals surface area (Å²) in [6, 6.07) is 11.4. The zero-order chi connectivity index (χ0) is 13.4. The Balaban J connectivity index is 1.89. The molecular weight excluding hydrogens is 329 g/mol. The van der Waals surface area contributed by atoms with Gasteiger partial charge in [0.1, 0.15) is 0 Å². The predicted octanol–water partition coefficient (Wildman–Crippen LogP) is 5.34. The summed E-state index contributed by atoms with van der Waals surface area (Å²) in [6.45, 7) is 0. The van der Waals surface area contributed by atoms with Crippen LogP contribution in [0.1, 0.15) is 23.6 Å². The molecule has 0 aliphatic heterocycles. The van der Waals surface area contributed by atoms with E-state index in [1.54, 1.807) is 18.2 Å². The minimum Gasteiger partial charge on any atom is -0.376 e. The van der Waals surface area contributed by atoms with Gasteiger partial charge in [0.2, 0.25) is 0 Å². The number of hydrogen-bond acceptors (Lipinski definition) is 1. The fourth-order valence-electron chi connectivity index (χ4n) is 2.54. The molecule has 1 N–H and O–H groups in total. The molecule has 0 saturated carbocycles. The number of aryl methyl sites for hydroxylation is 1. The highest BCUT2D eigenvalue weighted by molar-refractivity contribution is 9.10. The van der Waals surface area contributed by atoms with E-state index >= 15 is 0 Å². The second-order valence-electron chi connectivity index (χ2n) is 4.68. The Morgan fingerprint density at radius 2 is 2.11 bits per heavy atom. The highest BCUT2D eigenvalue weighted by Gasteiger charge is 2.23. The second-order valence-corrected chi connectivity index (χ2v) is 6.00. The SMILES string of the molecule is Fc1c(Cl)cccc1NC1CCc2cc(Br)ccc21. The molecule has 4 heteroatoms. The molecule has 1 unspecified atom stereocenters. The van der Waals surface area contributed by atoms with Gasteiger partial charge in [-0.3, -0.25) is 0 Å². The molecule has 0 radical (unpaired) electrons. The summed E-state index contributed by atoms with van der Waals surface area (Å²) in [4.78, 5) is 0. The van der Waals surface area contributed by atoms with Crippen molar-refractivity contribution in [2.75, 3.05) is 5.32 Å². The van der Waals surface area contributed by atoms with E-state index in [4.69, 9.17) is 11.6 Å². The normalized spacial score (nSPS) is 17.3. The molecule has 1 aliphatic carbocycles. The van der Waals surface area contributed by atoms with Crippen LogP contribution in [0.15, 0.2) is 40.9 Å². The summed E-state index contributed by atoms with van der Waals surface area (Å²) < 4.78 is 15.0. The molecule has 1 nitrogen and oxygen atoms in total. The summed E-state index contributed by atoms with van der Waals surface area (Å²) in [5.74, 6) is -0.380. The minimum atomic E-state index is -0.380. The van der Waals surface area contributed by atoms with E-state index in [-0.39, 0.29) is 16.9 Å². The summed E-state index contributed by atoms with van der Waals surface area (Å²) >= 11 is 9.27. The van der Waals surface area contributed by atoms with Crippen LogP contribution in [0, 0.1) is 5.82 Å². The maximum absolute atomic E-state index is 13.9. The molecular formula is C15H12BrClFN. The Kier molecular flexibility index (Phi) is 3.50. The Bertz CT molecular complexity index is 630. The van der Waals surface area contributed by atoms with Crippen molar-refractivity contribution < 1.29 is 4.39 Å². The number of anilines is 1. The summed E-state index contributed by atoms with van der Waals surface area (Å²) in [6.07, 6.45) is 1.98. The first-order valence-corrected chi connectivity index (χ1v) is 7.31. The fraction of sp³-hybridized carbons (Fsp3) is 0.200. The number of benzene rings is 2. The third kappa shape index (κ3) is 2.49. The Labute approximate surface area is 124 Å². The summed E-state index contributed by atoms with van der Waals surface area (Å²) in [7, 11) is 0. The quantitative estimate of drug-likeness (QED) is 0.778. The van der Waals surface area contributed by atoms with Gasteiger partial charge in [-0.25, -0.2) is 4.39 Å². The van der Waals surface area contributed by atoms with Gasteiger partial charge in [0, 0.05) is 4.47 Å². The van der Waals surface area contributed by atoms with Crippen molar-refractivity contribution in [3.63, 3.8) is 0 Å². The molecule has 0 bridgehead atoms. The largest absolute Gasteiger partial charge is 0.376 e. The zero-order valence-electron chi connectivity index (χ0n) is 10.1. The van der Waals surface area contributed by atoms with E-state index in [0.29, 0.717) is 5.69 Å². The maximum Gasteiger partial charge on any atom is 0.164 e. The molecule has 0 aromatic heterocycles. The molecule has 2 aromatic carbocycles. The van der Waals surface area contributed by atoms with Crippen molar-refractivity contribution in [3.8, 4) is 0 Å². The van der Waals surface area contributed by atoms with Gasteiger partial charge in [-0.1, -0.05) is 39.7 Å². The molecule has 98 valence electrons. The first-order valence-electron chi connectivity index (χ1n) is 6.14. The van der Waals surface area contributed by atoms with E-state index in [0.717, 1.165) is 17.3 Å². The van der Waals surface area contributed by atoms with Crippen LogP contribution in [0.4, 0.5) is 10.1 Å². The first kappa shape index (κ1) is 12.9. The lowest BCUT2D eigenvalue weighted by Crippen LogP contribution is -2.08. The Morgan fingerprint density at radius 3 is 2.95 bits per heavy atom. The van der Waals surface area contributed by atoms with Crippen molar-refractivity contribution >= 4 is 33.2 Å². The Morgan fingerprint density at radius 1 is 1.26 bits per heavy atom. The van der Waals surface area contributed by atoms with E-state index in [2.05, 4.69) is 33.4 Å². The predicted molar refractivity (Wildman–Crippen MR) is 80.2 cm³/mol. The lowest BCUT2D eigenvalue weighted by molar-refractivity contribution is 0.625. The average molecular weight is 341 g/mol. The van der Waals surface area contributed by atoms with Gasteiger partial charge in [0.15, 0.2) is 5.82 Å². The van der Waals surface area contributed by atoms with Gasteiger partial charge >= 0.3 is 0 Å². The lowest BCUT2D eigenvalue weighted by atomic mass is 10.1. The molecule has 19 heavy (non-hydrogen) atoms. The standard InChI is InChI=1S/C15H12BrClFN/c16-10-5-6-11-9(8-10)4-7-13(11)19-14-3-1-2-12(17)15(14)18/h1-3,5-6,8,13,19H,4,7H2. The molecule has 0 fully saturated rings. The van der Waals surface area contributed by atoms with Crippen LogP contribution < -0.4 is 5.32 Å². The molecule has 0 heterocycles. The minimum absolute atomic E-state index is 0.149. The first-order chi connectivity index (χ1) is 9.15. The van der Waals surface area contributed by atoms with Gasteiger partial charge < -0.3 is 5.32 Å². The van der Waals surface area contributed by atoms with Gasteiger partial charge in [-0.2, -0.15) is 0 Å². The van der Waals surface area contributed by atoms with Gasteiger partial charge in [0.05, 0.1) is 16.8 Å². The number of fused-ring (bicyclic) bond motifs is 1. The molecule has 3 rings (SSSR count). The van der Waals surface area contributed by atoms with Crippen LogP contribution in [-0.2, 0) is 6.42 Å². The van der Waals surface area contributed by atoms with Crippen LogP contribution >= 0.6 is 27.5 Å². The van der Waals surface area contributed by atoms with Crippen molar-refractivity contribution in [3.05, 3.63) is 62.8 Å². The zero-order valence-corrected chi connectivity index (χ0v) is 12.4. The third-order valence-corrected chi connectivity index (χ3v) is 4.25. The maximum atomic E-state index is 13.9. The fourth-order valence-corrected chi connectivity index (χ4v) is 3.12. The van der Waals surface area contributed by atoms with E-state index in [1.165, 1.54) is 11.1 Å². The van der Waals surface area contributed by atoms with Crippen molar-refractivity contribution in [2.24, 2.45) is 0 Å². The number of hydrogen-bond donors (Lipinski definition) is 1. The monoisotopic (exact) mass is 339 g/mol. The van der Waals surface area contributed by atoms with Crippen LogP contribution in [-0.4, -0.2) is 0 Å². The molecule has 2 aromatic rings. The van der Waals surface area contributed by atoms with Crippen LogP contribution in [0.2, 0.25) is 5.02 Å². The van der Waals surface area contributed by atoms with Crippen molar-refractivity contribution in [1.82, 2.24) is 0 Å². The van der Waals surface area contributed by atoms with Crippen LogP contribution in [0.5, 0.6) is 0 Å². The summed E-state index contributed by atoms with van der Waals surface area (Å²) in [5, 5.41) is 3.40. The van der Waals surface area contributed by atoms with E-state index in [1.807, 2.05) is 6.07 Å². The number of rotatable bonds is 2. The Hall–Kier alpha value is -1.06. The molecule has 0 saturated heterocycles. The van der Waals surface area contributed by atoms with Gasteiger partial charge in [-0.05, 0) is 48.2 Å². The smallest absolute Gasteiger partial charge is 0.164 e. The van der Waals surface area contributed by atoms with Gasteiger partial charge in [0.25, 0.3) is 0 Å². The van der Waals surface area contributed by atoms with E-state index < -0.39 is 0 Å². The van der Waals surface area contributed by atoms with Gasteiger partial charge in [-0.15, -0.1) is 0 Å². The highest BCUT2D eigenvalue weighted by atomic mass is 79.9. The highest BCUT2D eigenvalue weighted by Crippen LogP contribution is 2.36. The van der Waals surface area contributed by atoms with Crippen molar-refractivity contribution in [2.45, 2.75) is 18.9 Å². The third-order valence-electron chi connectivity index (χ3n) is 3.46. The molecule has 1 atom stereocenters. The van der Waals surface area contributed by atoms with Crippen LogP contribution in [0.25, 0.3) is 0 Å². The second kappa shape index (κ2) is 5.14. The molecule has 0 spiro atoms. The van der Waals surface area contributed by atoms with E-state index in [9.17, 15) is 4.39 Å². The van der Waals surface area contributed by atoms with Crippen LogP contribution in [0.3, 0.4) is 0 Å². The van der Waals surface area contributed by atoms with Crippen molar-refractivity contribution in [1.29, 1.82) is 0 Å². The topological polar surface area (TPSA) is 12.0 Å². The lowest BCUT2D eigenvalue weighted by Gasteiger charge is -2.16.